The molecule has 0 saturated heterocycles. The number of unbranched alkanes of at least 4 members (excludes halogenated alkanes) is 9. The van der Waals surface area contributed by atoms with Gasteiger partial charge in [-0.15, -0.1) is 0 Å². The summed E-state index contributed by atoms with van der Waals surface area (Å²) in [4.78, 5) is 25.7. The van der Waals surface area contributed by atoms with Crippen molar-refractivity contribution >= 4 is 11.9 Å². The Morgan fingerprint density at radius 2 is 1.20 bits per heavy atom. The van der Waals surface area contributed by atoms with Crippen LogP contribution in [0.5, 0.6) is 0 Å². The molecule has 206 valence electrons. The van der Waals surface area contributed by atoms with Crippen LogP contribution in [0.25, 0.3) is 0 Å². The highest BCUT2D eigenvalue weighted by atomic mass is 16.5. The predicted octanol–water partition coefficient (Wildman–Crippen LogP) is 9.04. The molecule has 4 nitrogen and oxygen atoms in total. The Morgan fingerprint density at radius 3 is 1.77 bits per heavy atom. The lowest BCUT2D eigenvalue weighted by atomic mass is 9.79. The molecule has 0 heterocycles. The maximum absolute atomic E-state index is 12.9. The van der Waals surface area contributed by atoms with Crippen molar-refractivity contribution in [2.75, 3.05) is 13.2 Å². The largest absolute Gasteiger partial charge is 0.465 e. The Morgan fingerprint density at radius 1 is 0.657 bits per heavy atom. The van der Waals surface area contributed by atoms with E-state index in [9.17, 15) is 9.59 Å². The molecule has 0 aromatic carbocycles. The monoisotopic (exact) mass is 494 g/mol. The Labute approximate surface area is 217 Å². The molecule has 4 heteroatoms. The van der Waals surface area contributed by atoms with E-state index in [4.69, 9.17) is 9.47 Å². The molecule has 0 aromatic heterocycles. The first kappa shape index (κ1) is 32.0. The molecule has 0 radical (unpaired) electrons. The molecular weight excluding hydrogens is 436 g/mol. The molecule has 0 amide bonds. The Balaban J connectivity index is 2.25. The molecule has 0 aliphatic heterocycles. The minimum absolute atomic E-state index is 0.170. The van der Waals surface area contributed by atoms with Crippen molar-refractivity contribution in [2.24, 2.45) is 23.7 Å². The van der Waals surface area contributed by atoms with Crippen LogP contribution in [0.2, 0.25) is 0 Å². The molecule has 3 atom stereocenters. The maximum atomic E-state index is 12.9. The molecule has 0 aromatic rings. The van der Waals surface area contributed by atoms with Gasteiger partial charge in [0.05, 0.1) is 25.0 Å². The van der Waals surface area contributed by atoms with Crippen LogP contribution in [-0.4, -0.2) is 25.2 Å². The smallest absolute Gasteiger partial charge is 0.309 e. The van der Waals surface area contributed by atoms with Gasteiger partial charge in [-0.05, 0) is 43.9 Å². The summed E-state index contributed by atoms with van der Waals surface area (Å²) < 4.78 is 11.4. The van der Waals surface area contributed by atoms with Crippen LogP contribution in [0.1, 0.15) is 150 Å². The van der Waals surface area contributed by atoms with Crippen LogP contribution in [0.3, 0.4) is 0 Å². The van der Waals surface area contributed by atoms with Crippen molar-refractivity contribution in [1.29, 1.82) is 0 Å². The van der Waals surface area contributed by atoms with Crippen LogP contribution in [0, 0.1) is 23.7 Å². The van der Waals surface area contributed by atoms with E-state index in [-0.39, 0.29) is 23.8 Å². The number of esters is 2. The lowest BCUT2D eigenvalue weighted by Crippen LogP contribution is -2.35. The van der Waals surface area contributed by atoms with E-state index in [0.29, 0.717) is 19.1 Å². The quantitative estimate of drug-likeness (QED) is 0.118. The highest BCUT2D eigenvalue weighted by molar-refractivity contribution is 5.82. The zero-order chi connectivity index (χ0) is 25.7. The van der Waals surface area contributed by atoms with Crippen molar-refractivity contribution in [3.8, 4) is 0 Å². The first-order valence-corrected chi connectivity index (χ1v) is 15.3. The van der Waals surface area contributed by atoms with E-state index in [1.807, 2.05) is 0 Å². The van der Waals surface area contributed by atoms with Crippen molar-refractivity contribution in [3.63, 3.8) is 0 Å². The van der Waals surface area contributed by atoms with Crippen molar-refractivity contribution < 1.29 is 19.1 Å². The third kappa shape index (κ3) is 15.6. The van der Waals surface area contributed by atoms with Gasteiger partial charge in [0.2, 0.25) is 0 Å². The molecule has 3 unspecified atom stereocenters. The van der Waals surface area contributed by atoms with E-state index in [2.05, 4.69) is 27.7 Å². The van der Waals surface area contributed by atoms with E-state index in [1.54, 1.807) is 0 Å². The normalized spacial score (nSPS) is 19.0. The molecule has 1 saturated carbocycles. The number of rotatable bonds is 21. The second kappa shape index (κ2) is 21.1. The summed E-state index contributed by atoms with van der Waals surface area (Å²) in [6.07, 6.45) is 21.8. The van der Waals surface area contributed by atoms with Gasteiger partial charge in [0.15, 0.2) is 0 Å². The van der Waals surface area contributed by atoms with E-state index < -0.39 is 0 Å². The third-order valence-electron chi connectivity index (χ3n) is 7.67. The van der Waals surface area contributed by atoms with Crippen LogP contribution in [0.15, 0.2) is 0 Å². The van der Waals surface area contributed by atoms with Crippen LogP contribution >= 0.6 is 0 Å². The average molecular weight is 495 g/mol. The second-order valence-electron chi connectivity index (χ2n) is 11.5. The van der Waals surface area contributed by atoms with Gasteiger partial charge in [-0.2, -0.15) is 0 Å². The van der Waals surface area contributed by atoms with Gasteiger partial charge >= 0.3 is 11.9 Å². The maximum Gasteiger partial charge on any atom is 0.309 e. The summed E-state index contributed by atoms with van der Waals surface area (Å²) >= 11 is 0. The number of carbonyl (C=O) groups excluding carboxylic acids is 2. The van der Waals surface area contributed by atoms with Crippen LogP contribution < -0.4 is 0 Å². The first-order chi connectivity index (χ1) is 17.0. The van der Waals surface area contributed by atoms with Gasteiger partial charge in [-0.25, -0.2) is 0 Å². The summed E-state index contributed by atoms with van der Waals surface area (Å²) in [7, 11) is 0. The number of hydrogen-bond acceptors (Lipinski definition) is 4. The lowest BCUT2D eigenvalue weighted by molar-refractivity contribution is -0.163. The Kier molecular flexibility index (Phi) is 19.2. The van der Waals surface area contributed by atoms with E-state index in [1.165, 1.54) is 64.2 Å². The fraction of sp³-hybridized carbons (Fsp3) is 0.935. The third-order valence-corrected chi connectivity index (χ3v) is 7.67. The van der Waals surface area contributed by atoms with Crippen molar-refractivity contribution in [3.05, 3.63) is 0 Å². The second-order valence-corrected chi connectivity index (χ2v) is 11.5. The first-order valence-electron chi connectivity index (χ1n) is 15.3. The molecular formula is C31H58O4. The zero-order valence-corrected chi connectivity index (χ0v) is 23.8. The van der Waals surface area contributed by atoms with Gasteiger partial charge in [-0.3, -0.25) is 9.59 Å². The van der Waals surface area contributed by atoms with E-state index >= 15 is 0 Å². The van der Waals surface area contributed by atoms with Gasteiger partial charge in [0.25, 0.3) is 0 Å². The SMILES string of the molecule is CCCCCC(CCC)COC(=O)C1CCCCC1C(=O)OCCCCCCCCCCC(C)C. The Hall–Kier alpha value is -1.06. The molecule has 1 aliphatic rings. The summed E-state index contributed by atoms with van der Waals surface area (Å²) in [5, 5.41) is 0. The molecule has 0 spiro atoms. The molecule has 1 rings (SSSR count). The summed E-state index contributed by atoms with van der Waals surface area (Å²) in [5.41, 5.74) is 0. The lowest BCUT2D eigenvalue weighted by Gasteiger charge is -2.29. The summed E-state index contributed by atoms with van der Waals surface area (Å²) in [6, 6.07) is 0. The molecule has 0 N–H and O–H groups in total. The summed E-state index contributed by atoms with van der Waals surface area (Å²) in [6.45, 7) is 10.00. The van der Waals surface area contributed by atoms with Crippen molar-refractivity contribution in [2.45, 2.75) is 150 Å². The molecule has 35 heavy (non-hydrogen) atoms. The summed E-state index contributed by atoms with van der Waals surface area (Å²) in [5.74, 6) is 0.299. The topological polar surface area (TPSA) is 52.6 Å². The Bertz CT molecular complexity index is 530. The molecule has 1 aliphatic carbocycles. The highest BCUT2D eigenvalue weighted by Crippen LogP contribution is 2.32. The van der Waals surface area contributed by atoms with Crippen molar-refractivity contribution in [1.82, 2.24) is 0 Å². The van der Waals surface area contributed by atoms with Gasteiger partial charge in [-0.1, -0.05) is 118 Å². The van der Waals surface area contributed by atoms with Gasteiger partial charge in [0, 0.05) is 0 Å². The predicted molar refractivity (Wildman–Crippen MR) is 146 cm³/mol. The number of carbonyl (C=O) groups is 2. The number of hydrogen-bond donors (Lipinski definition) is 0. The number of ether oxygens (including phenoxy) is 2. The van der Waals surface area contributed by atoms with E-state index in [0.717, 1.165) is 63.7 Å². The zero-order valence-electron chi connectivity index (χ0n) is 23.8. The standard InChI is InChI=1S/C31H58O4/c1-5-7-14-21-27(19-6-2)25-35-31(33)29-23-17-16-22-28(29)30(32)34-24-18-13-11-9-8-10-12-15-20-26(3)4/h26-29H,5-25H2,1-4H3. The van der Waals surface area contributed by atoms with Crippen LogP contribution in [0.4, 0.5) is 0 Å². The minimum Gasteiger partial charge on any atom is -0.465 e. The molecule has 1 fully saturated rings. The highest BCUT2D eigenvalue weighted by Gasteiger charge is 2.38. The average Bonchev–Trinajstić information content (AvgIpc) is 2.85. The molecule has 0 bridgehead atoms. The fourth-order valence-corrected chi connectivity index (χ4v) is 5.40. The fourth-order valence-electron chi connectivity index (χ4n) is 5.40. The van der Waals surface area contributed by atoms with Crippen LogP contribution in [-0.2, 0) is 19.1 Å². The van der Waals surface area contributed by atoms with Gasteiger partial charge < -0.3 is 9.47 Å². The minimum atomic E-state index is -0.315. The van der Waals surface area contributed by atoms with Gasteiger partial charge in [0.1, 0.15) is 0 Å².